The number of hydrogen-bond acceptors (Lipinski definition) is 5. The zero-order valence-electron chi connectivity index (χ0n) is 16.2. The Labute approximate surface area is 160 Å². The fourth-order valence-corrected chi connectivity index (χ4v) is 4.95. The second-order valence-corrected chi connectivity index (χ2v) is 7.93. The van der Waals surface area contributed by atoms with Gasteiger partial charge in [-0.25, -0.2) is 4.98 Å². The number of rotatable bonds is 2. The van der Waals surface area contributed by atoms with Crippen LogP contribution in [0.4, 0.5) is 5.82 Å². The van der Waals surface area contributed by atoms with Crippen LogP contribution in [0, 0.1) is 0 Å². The van der Waals surface area contributed by atoms with Crippen LogP contribution in [-0.4, -0.2) is 65.9 Å². The Bertz CT molecular complexity index is 743. The topological polar surface area (TPSA) is 74.8 Å². The van der Waals surface area contributed by atoms with E-state index >= 15 is 0 Å². The van der Waals surface area contributed by atoms with E-state index in [2.05, 4.69) is 15.2 Å². The van der Waals surface area contributed by atoms with E-state index in [0.717, 1.165) is 63.8 Å². The van der Waals surface area contributed by atoms with E-state index in [9.17, 15) is 9.59 Å². The van der Waals surface area contributed by atoms with E-state index in [1.165, 1.54) is 0 Å². The molecular formula is C20H28N4O3. The third-order valence-corrected chi connectivity index (χ3v) is 6.58. The Balaban J connectivity index is 1.46. The van der Waals surface area contributed by atoms with Crippen LogP contribution in [0.1, 0.15) is 44.6 Å². The van der Waals surface area contributed by atoms with Crippen LogP contribution >= 0.6 is 0 Å². The number of nitrogens with one attached hydrogen (secondary N) is 1. The lowest BCUT2D eigenvalue weighted by molar-refractivity contribution is -0.128. The second-order valence-electron chi connectivity index (χ2n) is 7.93. The van der Waals surface area contributed by atoms with E-state index in [-0.39, 0.29) is 11.8 Å². The minimum Gasteiger partial charge on any atom is -0.495 e. The van der Waals surface area contributed by atoms with Crippen molar-refractivity contribution in [1.29, 1.82) is 0 Å². The molecule has 0 aromatic carbocycles. The average Bonchev–Trinajstić information content (AvgIpc) is 2.84. The first kappa shape index (κ1) is 18.2. The monoisotopic (exact) mass is 372 g/mol. The molecule has 27 heavy (non-hydrogen) atoms. The summed E-state index contributed by atoms with van der Waals surface area (Å²) < 4.78 is 5.33. The van der Waals surface area contributed by atoms with E-state index in [1.807, 2.05) is 11.0 Å². The molecule has 3 heterocycles. The molecule has 1 aliphatic carbocycles. The summed E-state index contributed by atoms with van der Waals surface area (Å²) in [5.74, 6) is 1.63. The molecule has 0 bridgehead atoms. The van der Waals surface area contributed by atoms with Gasteiger partial charge in [0.1, 0.15) is 11.6 Å². The number of amides is 2. The molecule has 1 saturated carbocycles. The van der Waals surface area contributed by atoms with Gasteiger partial charge in [0.05, 0.1) is 18.7 Å². The Morgan fingerprint density at radius 2 is 2.04 bits per heavy atom. The molecule has 2 fully saturated rings. The Morgan fingerprint density at radius 3 is 2.74 bits per heavy atom. The molecule has 4 rings (SSSR count). The first-order chi connectivity index (χ1) is 13.0. The summed E-state index contributed by atoms with van der Waals surface area (Å²) >= 11 is 0. The standard InChI is InChI=1S/C20H28N4O3/c1-14(25)23-8-3-9-24(11-10-23)15-4-6-20(7-5-15)17-12-16(27-2)13-21-18(17)22-19(20)26/h12-13,15H,3-11H2,1-2H3,(H,21,22,26). The van der Waals surface area contributed by atoms with Gasteiger partial charge in [-0.2, -0.15) is 0 Å². The zero-order valence-corrected chi connectivity index (χ0v) is 16.2. The van der Waals surface area contributed by atoms with Crippen LogP contribution in [0.15, 0.2) is 12.3 Å². The first-order valence-corrected chi connectivity index (χ1v) is 9.89. The summed E-state index contributed by atoms with van der Waals surface area (Å²) in [6.07, 6.45) is 6.32. The van der Waals surface area contributed by atoms with Crippen molar-refractivity contribution in [1.82, 2.24) is 14.8 Å². The van der Waals surface area contributed by atoms with Crippen LogP contribution in [0.3, 0.4) is 0 Å². The van der Waals surface area contributed by atoms with Gasteiger partial charge >= 0.3 is 0 Å². The highest BCUT2D eigenvalue weighted by molar-refractivity contribution is 6.05. The number of hydrogen-bond donors (Lipinski definition) is 1. The number of aromatic nitrogens is 1. The van der Waals surface area contributed by atoms with Crippen LogP contribution in [0.25, 0.3) is 0 Å². The second kappa shape index (κ2) is 7.11. The lowest BCUT2D eigenvalue weighted by atomic mass is 9.69. The molecule has 1 aromatic rings. The number of pyridine rings is 1. The predicted octanol–water partition coefficient (Wildman–Crippen LogP) is 1.78. The van der Waals surface area contributed by atoms with Crippen LogP contribution < -0.4 is 10.1 Å². The fourth-order valence-electron chi connectivity index (χ4n) is 4.95. The maximum Gasteiger partial charge on any atom is 0.236 e. The third-order valence-electron chi connectivity index (χ3n) is 6.58. The number of carbonyl (C=O) groups is 2. The number of nitrogens with zero attached hydrogens (tertiary/aromatic N) is 3. The van der Waals surface area contributed by atoms with Crippen molar-refractivity contribution in [3.63, 3.8) is 0 Å². The third kappa shape index (κ3) is 3.18. The molecule has 1 spiro atoms. The molecule has 2 aliphatic heterocycles. The van der Waals surface area contributed by atoms with Gasteiger partial charge in [0.15, 0.2) is 0 Å². The van der Waals surface area contributed by atoms with Crippen molar-refractivity contribution in [2.24, 2.45) is 0 Å². The highest BCUT2D eigenvalue weighted by Crippen LogP contribution is 2.48. The molecule has 7 heteroatoms. The van der Waals surface area contributed by atoms with E-state index < -0.39 is 5.41 Å². The van der Waals surface area contributed by atoms with Crippen LogP contribution in [0.5, 0.6) is 5.75 Å². The molecule has 7 nitrogen and oxygen atoms in total. The number of ether oxygens (including phenoxy) is 1. The SMILES string of the molecule is COc1cnc2c(c1)C1(CCC(N3CCCN(C(C)=O)CC3)CC1)C(=O)N2. The van der Waals surface area contributed by atoms with Crippen LogP contribution in [-0.2, 0) is 15.0 Å². The van der Waals surface area contributed by atoms with Gasteiger partial charge in [0.2, 0.25) is 11.8 Å². The van der Waals surface area contributed by atoms with Gasteiger partial charge in [0.25, 0.3) is 0 Å². The minimum absolute atomic E-state index is 0.0790. The van der Waals surface area contributed by atoms with Crippen molar-refractivity contribution in [2.75, 3.05) is 38.6 Å². The van der Waals surface area contributed by atoms with Gasteiger partial charge in [-0.15, -0.1) is 0 Å². The summed E-state index contributed by atoms with van der Waals surface area (Å²) in [6, 6.07) is 2.45. The van der Waals surface area contributed by atoms with E-state index in [1.54, 1.807) is 20.2 Å². The normalized spacial score (nSPS) is 28.6. The smallest absolute Gasteiger partial charge is 0.236 e. The van der Waals surface area contributed by atoms with E-state index in [4.69, 9.17) is 4.74 Å². The van der Waals surface area contributed by atoms with Crippen molar-refractivity contribution in [3.05, 3.63) is 17.8 Å². The molecular weight excluding hydrogens is 344 g/mol. The quantitative estimate of drug-likeness (QED) is 0.857. The van der Waals surface area contributed by atoms with Gasteiger partial charge in [-0.1, -0.05) is 0 Å². The summed E-state index contributed by atoms with van der Waals surface area (Å²) in [7, 11) is 1.63. The molecule has 1 aromatic heterocycles. The first-order valence-electron chi connectivity index (χ1n) is 9.89. The van der Waals surface area contributed by atoms with Crippen molar-refractivity contribution in [2.45, 2.75) is 50.5 Å². The zero-order chi connectivity index (χ0) is 19.0. The number of carbonyl (C=O) groups excluding carboxylic acids is 2. The fraction of sp³-hybridized carbons (Fsp3) is 0.650. The van der Waals surface area contributed by atoms with Gasteiger partial charge in [-0.05, 0) is 38.2 Å². The van der Waals surface area contributed by atoms with Crippen molar-refractivity contribution >= 4 is 17.6 Å². The summed E-state index contributed by atoms with van der Waals surface area (Å²) in [5.41, 5.74) is 0.522. The summed E-state index contributed by atoms with van der Waals surface area (Å²) in [5, 5.41) is 2.97. The largest absolute Gasteiger partial charge is 0.495 e. The molecule has 1 saturated heterocycles. The number of fused-ring (bicyclic) bond motifs is 2. The summed E-state index contributed by atoms with van der Waals surface area (Å²) in [6.45, 7) is 5.26. The van der Waals surface area contributed by atoms with Crippen molar-refractivity contribution < 1.29 is 14.3 Å². The average molecular weight is 372 g/mol. The molecule has 146 valence electrons. The highest BCUT2D eigenvalue weighted by Gasteiger charge is 2.50. The van der Waals surface area contributed by atoms with Gasteiger partial charge < -0.3 is 15.0 Å². The van der Waals surface area contributed by atoms with Gasteiger partial charge in [0, 0.05) is 44.7 Å². The summed E-state index contributed by atoms with van der Waals surface area (Å²) in [4.78, 5) is 33.3. The Kier molecular flexibility index (Phi) is 4.80. The van der Waals surface area contributed by atoms with Crippen LogP contribution in [0.2, 0.25) is 0 Å². The number of methoxy groups -OCH3 is 1. The molecule has 0 radical (unpaired) electrons. The van der Waals surface area contributed by atoms with E-state index in [0.29, 0.717) is 17.6 Å². The molecule has 1 N–H and O–H groups in total. The van der Waals surface area contributed by atoms with Gasteiger partial charge in [-0.3, -0.25) is 14.5 Å². The maximum absolute atomic E-state index is 12.8. The minimum atomic E-state index is -0.468. The Morgan fingerprint density at radius 1 is 1.26 bits per heavy atom. The number of anilines is 1. The lowest BCUT2D eigenvalue weighted by Crippen LogP contribution is -2.46. The lowest BCUT2D eigenvalue weighted by Gasteiger charge is -2.40. The molecule has 0 unspecified atom stereocenters. The maximum atomic E-state index is 12.8. The molecule has 3 aliphatic rings. The Hall–Kier alpha value is -2.15. The predicted molar refractivity (Wildman–Crippen MR) is 102 cm³/mol. The highest BCUT2D eigenvalue weighted by atomic mass is 16.5. The molecule has 2 amide bonds. The molecule has 0 atom stereocenters. The van der Waals surface area contributed by atoms with Crippen molar-refractivity contribution in [3.8, 4) is 5.75 Å².